The molecule has 7 nitrogen and oxygen atoms in total. The van der Waals surface area contributed by atoms with E-state index in [1.165, 1.54) is 20.8 Å². The van der Waals surface area contributed by atoms with Crippen LogP contribution in [-0.2, 0) is 33.3 Å². The van der Waals surface area contributed by atoms with Gasteiger partial charge in [-0.15, -0.1) is 0 Å². The molecular weight excluding hydrogens is 424 g/mol. The van der Waals surface area contributed by atoms with E-state index in [1.807, 2.05) is 0 Å². The monoisotopic (exact) mass is 464 g/mol. The van der Waals surface area contributed by atoms with Gasteiger partial charge in [-0.2, -0.15) is 0 Å². The van der Waals surface area contributed by atoms with Crippen molar-refractivity contribution in [3.8, 4) is 0 Å². The number of ether oxygens (including phenoxy) is 4. The average Bonchev–Trinajstić information content (AvgIpc) is 3.00. The molecule has 4 aliphatic rings. The van der Waals surface area contributed by atoms with Crippen molar-refractivity contribution in [2.45, 2.75) is 104 Å². The highest BCUT2D eigenvalue weighted by Crippen LogP contribution is 2.67. The van der Waals surface area contributed by atoms with Crippen molar-refractivity contribution in [2.75, 3.05) is 7.11 Å². The maximum Gasteiger partial charge on any atom is 0.302 e. The van der Waals surface area contributed by atoms with Crippen LogP contribution in [0, 0.1) is 34.5 Å². The lowest BCUT2D eigenvalue weighted by molar-refractivity contribution is -0.212. The Balaban J connectivity index is 1.69. The summed E-state index contributed by atoms with van der Waals surface area (Å²) in [4.78, 5) is 35.7. The summed E-state index contributed by atoms with van der Waals surface area (Å²) in [5.74, 6) is 0.515. The third-order valence-corrected chi connectivity index (χ3v) is 9.82. The van der Waals surface area contributed by atoms with E-state index in [2.05, 4.69) is 13.8 Å². The van der Waals surface area contributed by atoms with Crippen LogP contribution in [0.3, 0.4) is 0 Å². The number of rotatable bonds is 4. The predicted molar refractivity (Wildman–Crippen MR) is 120 cm³/mol. The summed E-state index contributed by atoms with van der Waals surface area (Å²) < 4.78 is 23.4. The van der Waals surface area contributed by atoms with E-state index in [-0.39, 0.29) is 53.7 Å². The second-order valence-corrected chi connectivity index (χ2v) is 11.4. The maximum atomic E-state index is 12.2. The van der Waals surface area contributed by atoms with Gasteiger partial charge < -0.3 is 18.9 Å². The number of carbonyl (C=O) groups is 3. The van der Waals surface area contributed by atoms with Crippen LogP contribution >= 0.6 is 0 Å². The Labute approximate surface area is 197 Å². The molecule has 0 aromatic heterocycles. The predicted octanol–water partition coefficient (Wildman–Crippen LogP) is 4.06. The Bertz CT molecular complexity index is 796. The molecule has 0 saturated heterocycles. The molecule has 33 heavy (non-hydrogen) atoms. The smallest absolute Gasteiger partial charge is 0.302 e. The Morgan fingerprint density at radius 2 is 1.45 bits per heavy atom. The minimum absolute atomic E-state index is 0.00612. The summed E-state index contributed by atoms with van der Waals surface area (Å²) in [6.07, 6.45) is 5.63. The van der Waals surface area contributed by atoms with Crippen molar-refractivity contribution in [1.29, 1.82) is 0 Å². The van der Waals surface area contributed by atoms with Crippen LogP contribution in [0.25, 0.3) is 0 Å². The molecule has 0 bridgehead atoms. The Morgan fingerprint density at radius 1 is 0.788 bits per heavy atom. The van der Waals surface area contributed by atoms with Crippen LogP contribution in [0.15, 0.2) is 0 Å². The zero-order chi connectivity index (χ0) is 24.1. The van der Waals surface area contributed by atoms with Gasteiger partial charge in [-0.3, -0.25) is 14.4 Å². The highest BCUT2D eigenvalue weighted by molar-refractivity contribution is 5.67. The minimum Gasteiger partial charge on any atom is -0.463 e. The second kappa shape index (κ2) is 8.86. The molecular formula is C26H40O7. The molecule has 0 unspecified atom stereocenters. The molecule has 7 heteroatoms. The van der Waals surface area contributed by atoms with Crippen LogP contribution in [0.5, 0.6) is 0 Å². The summed E-state index contributed by atoms with van der Waals surface area (Å²) in [6, 6.07) is 0. The normalized spacial score (nSPS) is 46.4. The molecule has 0 spiro atoms. The van der Waals surface area contributed by atoms with Gasteiger partial charge in [0.15, 0.2) is 0 Å². The van der Waals surface area contributed by atoms with Crippen molar-refractivity contribution in [2.24, 2.45) is 34.5 Å². The van der Waals surface area contributed by atoms with Crippen LogP contribution in [0.1, 0.15) is 79.6 Å². The van der Waals surface area contributed by atoms with E-state index in [1.54, 1.807) is 7.11 Å². The highest BCUT2D eigenvalue weighted by atomic mass is 16.6. The summed E-state index contributed by atoms with van der Waals surface area (Å²) in [5.41, 5.74) is -0.328. The van der Waals surface area contributed by atoms with E-state index < -0.39 is 5.41 Å². The summed E-state index contributed by atoms with van der Waals surface area (Å²) in [5, 5.41) is 0. The molecule has 0 N–H and O–H groups in total. The molecule has 4 saturated carbocycles. The largest absolute Gasteiger partial charge is 0.463 e. The van der Waals surface area contributed by atoms with Crippen LogP contribution < -0.4 is 0 Å². The molecule has 4 rings (SSSR count). The van der Waals surface area contributed by atoms with Gasteiger partial charge in [0.05, 0.1) is 6.10 Å². The zero-order valence-corrected chi connectivity index (χ0v) is 20.9. The number of carbonyl (C=O) groups excluding carboxylic acids is 3. The van der Waals surface area contributed by atoms with Crippen molar-refractivity contribution in [3.05, 3.63) is 0 Å². The second-order valence-electron chi connectivity index (χ2n) is 11.4. The first-order valence-electron chi connectivity index (χ1n) is 12.5. The minimum atomic E-state index is -0.403. The van der Waals surface area contributed by atoms with Gasteiger partial charge in [0.2, 0.25) is 0 Å². The Hall–Kier alpha value is -1.63. The fraction of sp³-hybridized carbons (Fsp3) is 0.885. The fourth-order valence-electron chi connectivity index (χ4n) is 8.55. The quantitative estimate of drug-likeness (QED) is 0.458. The lowest BCUT2D eigenvalue weighted by Crippen LogP contribution is -2.61. The Morgan fingerprint density at radius 3 is 2.06 bits per heavy atom. The third-order valence-electron chi connectivity index (χ3n) is 9.82. The molecule has 0 radical (unpaired) electrons. The number of methoxy groups -OCH3 is 1. The van der Waals surface area contributed by atoms with Crippen LogP contribution in [0.4, 0.5) is 0 Å². The van der Waals surface area contributed by atoms with Gasteiger partial charge >= 0.3 is 17.9 Å². The SMILES string of the molecule is CO[C@@H]1C[C@H](OC(C)=O)[C@@H]2[C@@H]3CC[C@H]4C[C@H](OC(C)=O)CC[C@]4(C)[C@@H]3C[C@@H](OC(C)=O)[C@]21C. The standard InChI is InChI=1S/C26H40O7/c1-14(27)31-18-9-10-25(4)17(11-18)7-8-19-20(25)12-23(33-16(3)29)26(5)22(30-6)13-21(24(19)26)32-15(2)28/h17-24H,7-13H2,1-6H3/t17-,18+,19+,20+,21-,22+,23+,24-,25-,26+/m0/s1. The van der Waals surface area contributed by atoms with E-state index in [9.17, 15) is 14.4 Å². The number of fused-ring (bicyclic) bond motifs is 5. The molecule has 0 aliphatic heterocycles. The van der Waals surface area contributed by atoms with Crippen molar-refractivity contribution >= 4 is 17.9 Å². The van der Waals surface area contributed by atoms with Crippen molar-refractivity contribution in [1.82, 2.24) is 0 Å². The van der Waals surface area contributed by atoms with Gasteiger partial charge in [0.1, 0.15) is 18.3 Å². The summed E-state index contributed by atoms with van der Waals surface area (Å²) in [6.45, 7) is 8.98. The molecule has 0 aromatic carbocycles. The van der Waals surface area contributed by atoms with Gasteiger partial charge in [-0.05, 0) is 61.7 Å². The first-order valence-corrected chi connectivity index (χ1v) is 12.5. The van der Waals surface area contributed by atoms with E-state index in [4.69, 9.17) is 18.9 Å². The van der Waals surface area contributed by atoms with Gasteiger partial charge in [-0.1, -0.05) is 13.8 Å². The first kappa shape index (κ1) is 24.5. The molecule has 0 aromatic rings. The van der Waals surface area contributed by atoms with Crippen molar-refractivity contribution in [3.63, 3.8) is 0 Å². The number of hydrogen-bond acceptors (Lipinski definition) is 7. The number of esters is 3. The highest BCUT2D eigenvalue weighted by Gasteiger charge is 2.68. The van der Waals surface area contributed by atoms with Gasteiger partial charge in [-0.25, -0.2) is 0 Å². The molecule has 10 atom stereocenters. The first-order chi connectivity index (χ1) is 15.5. The van der Waals surface area contributed by atoms with Gasteiger partial charge in [0, 0.05) is 45.6 Å². The molecule has 186 valence electrons. The van der Waals surface area contributed by atoms with Crippen molar-refractivity contribution < 1.29 is 33.3 Å². The Kier molecular flexibility index (Phi) is 6.58. The summed E-state index contributed by atoms with van der Waals surface area (Å²) >= 11 is 0. The molecule has 0 amide bonds. The lowest BCUT2D eigenvalue weighted by atomic mass is 9.44. The van der Waals surface area contributed by atoms with Gasteiger partial charge in [0.25, 0.3) is 0 Å². The lowest BCUT2D eigenvalue weighted by Gasteiger charge is -2.62. The average molecular weight is 465 g/mol. The van der Waals surface area contributed by atoms with Crippen LogP contribution in [-0.4, -0.2) is 49.4 Å². The molecule has 4 fully saturated rings. The molecule has 0 heterocycles. The summed E-state index contributed by atoms with van der Waals surface area (Å²) in [7, 11) is 1.70. The number of hydrogen-bond donors (Lipinski definition) is 0. The van der Waals surface area contributed by atoms with Crippen LogP contribution in [0.2, 0.25) is 0 Å². The zero-order valence-electron chi connectivity index (χ0n) is 20.9. The van der Waals surface area contributed by atoms with E-state index in [0.717, 1.165) is 38.5 Å². The fourth-order valence-corrected chi connectivity index (χ4v) is 8.55. The van der Waals surface area contributed by atoms with E-state index >= 15 is 0 Å². The maximum absolute atomic E-state index is 12.2. The molecule has 4 aliphatic carbocycles. The topological polar surface area (TPSA) is 88.1 Å². The third kappa shape index (κ3) is 4.08. The van der Waals surface area contributed by atoms with E-state index in [0.29, 0.717) is 24.2 Å².